The number of hydrogen-bond donors (Lipinski definition) is 1. The summed E-state index contributed by atoms with van der Waals surface area (Å²) in [6.45, 7) is 8.89. The van der Waals surface area contributed by atoms with E-state index < -0.39 is 5.41 Å². The summed E-state index contributed by atoms with van der Waals surface area (Å²) < 4.78 is 22.5. The molecule has 5 aliphatic rings. The highest BCUT2D eigenvalue weighted by molar-refractivity contribution is 7.59. The van der Waals surface area contributed by atoms with Gasteiger partial charge in [0, 0.05) is 75.5 Å². The van der Waals surface area contributed by atoms with E-state index in [0.29, 0.717) is 45.0 Å². The number of fused-ring (bicyclic) bond motifs is 3. The van der Waals surface area contributed by atoms with Gasteiger partial charge in [-0.3, -0.25) is 19.3 Å². The summed E-state index contributed by atoms with van der Waals surface area (Å²) in [5, 5.41) is 3.30. The van der Waals surface area contributed by atoms with Gasteiger partial charge in [-0.05, 0) is 69.2 Å². The molecule has 0 radical (unpaired) electrons. The largest absolute Gasteiger partial charge is 0.497 e. The number of likely N-dealkylation sites (tertiary alicyclic amines) is 1. The quantitative estimate of drug-likeness (QED) is 0.328. The fraction of sp³-hybridized carbons (Fsp3) is 0.605. The Morgan fingerprint density at radius 3 is 2.42 bits per heavy atom. The maximum atomic E-state index is 13.6. The van der Waals surface area contributed by atoms with E-state index in [0.717, 1.165) is 87.3 Å². The van der Waals surface area contributed by atoms with Crippen LogP contribution in [0.2, 0.25) is 0 Å². The van der Waals surface area contributed by atoms with Crippen LogP contribution in [0.1, 0.15) is 72.9 Å². The first-order valence-electron chi connectivity index (χ1n) is 17.9. The lowest BCUT2D eigenvalue weighted by molar-refractivity contribution is -0.208. The molecule has 5 fully saturated rings. The normalized spacial score (nSPS) is 25.1. The molecule has 50 heavy (non-hydrogen) atoms. The van der Waals surface area contributed by atoms with Crippen molar-refractivity contribution in [2.75, 3.05) is 79.8 Å². The number of carbonyl (C=O) groups excluding carboxylic acids is 3. The molecule has 7 rings (SSSR count). The Morgan fingerprint density at radius 1 is 0.960 bits per heavy atom. The van der Waals surface area contributed by atoms with Crippen LogP contribution in [0.4, 0.5) is 0 Å². The lowest BCUT2D eigenvalue weighted by Crippen LogP contribution is -2.60. The van der Waals surface area contributed by atoms with Crippen LogP contribution < -0.4 is 14.8 Å². The Hall–Kier alpha value is -3.32. The smallest absolute Gasteiger partial charge is 0.314 e. The summed E-state index contributed by atoms with van der Waals surface area (Å²) in [6.07, 6.45) is 5.29. The number of methoxy groups -OCH3 is 2. The van der Waals surface area contributed by atoms with E-state index in [1.807, 2.05) is 53.1 Å². The van der Waals surface area contributed by atoms with Crippen molar-refractivity contribution in [3.63, 3.8) is 0 Å². The van der Waals surface area contributed by atoms with E-state index in [2.05, 4.69) is 16.3 Å². The number of rotatable bonds is 12. The first-order valence-corrected chi connectivity index (χ1v) is 17.9. The standard InChI is InChI=1S/C38H52N4O7.H2S/c1-4-48-33-22-32(46-2)11-10-30(33)23-39-24-34(43)42-16-6-9-31(25-42)28-7-5-8-29(21-28)35(44)41-19-17-40(18-20-41)26-38-14-12-37(13-15-38,27-49-38)36(45)47-3;/h5,7-8,10-11,21-22,31,39H,4,6,9,12-20,23-27H2,1-3H3;1H2. The van der Waals surface area contributed by atoms with E-state index >= 15 is 0 Å². The number of esters is 1. The monoisotopic (exact) mass is 710 g/mol. The van der Waals surface area contributed by atoms with E-state index in [9.17, 15) is 14.4 Å². The highest BCUT2D eigenvalue weighted by Crippen LogP contribution is 2.49. The van der Waals surface area contributed by atoms with Gasteiger partial charge >= 0.3 is 5.97 Å². The molecule has 11 nitrogen and oxygen atoms in total. The average molecular weight is 711 g/mol. The number of carbonyl (C=O) groups is 3. The van der Waals surface area contributed by atoms with Crippen LogP contribution in [0.5, 0.6) is 11.5 Å². The molecule has 0 spiro atoms. The van der Waals surface area contributed by atoms with Crippen molar-refractivity contribution in [2.24, 2.45) is 5.41 Å². The minimum atomic E-state index is -0.466. The van der Waals surface area contributed by atoms with Crippen molar-refractivity contribution in [3.8, 4) is 11.5 Å². The molecule has 1 unspecified atom stereocenters. The Morgan fingerprint density at radius 2 is 1.74 bits per heavy atom. The summed E-state index contributed by atoms with van der Waals surface area (Å²) >= 11 is 0. The van der Waals surface area contributed by atoms with Crippen molar-refractivity contribution < 1.29 is 33.3 Å². The third kappa shape index (κ3) is 8.41. The lowest BCUT2D eigenvalue weighted by Gasteiger charge is -2.53. The van der Waals surface area contributed by atoms with Gasteiger partial charge in [0.1, 0.15) is 11.5 Å². The third-order valence-electron chi connectivity index (χ3n) is 11.1. The van der Waals surface area contributed by atoms with Crippen LogP contribution in [-0.2, 0) is 25.6 Å². The molecular formula is C38H54N4O7S. The summed E-state index contributed by atoms with van der Waals surface area (Å²) in [5.74, 6) is 1.69. The number of nitrogens with one attached hydrogen (secondary N) is 1. The first-order chi connectivity index (χ1) is 23.8. The zero-order valence-corrected chi connectivity index (χ0v) is 30.8. The molecule has 1 atom stereocenters. The molecule has 4 saturated heterocycles. The number of nitrogens with zero attached hydrogens (tertiary/aromatic N) is 3. The predicted octanol–water partition coefficient (Wildman–Crippen LogP) is 3.96. The van der Waals surface area contributed by atoms with Crippen LogP contribution in [-0.4, -0.2) is 118 Å². The molecule has 1 saturated carbocycles. The van der Waals surface area contributed by atoms with Gasteiger partial charge in [0.2, 0.25) is 5.91 Å². The van der Waals surface area contributed by atoms with E-state index in [4.69, 9.17) is 18.9 Å². The van der Waals surface area contributed by atoms with E-state index in [-0.39, 0.29) is 49.3 Å². The number of ether oxygens (including phenoxy) is 4. The maximum absolute atomic E-state index is 13.6. The Balaban J connectivity index is 0.00000486. The second-order valence-electron chi connectivity index (χ2n) is 14.1. The van der Waals surface area contributed by atoms with Crippen LogP contribution in [0.25, 0.3) is 0 Å². The molecule has 1 N–H and O–H groups in total. The summed E-state index contributed by atoms with van der Waals surface area (Å²) in [6, 6.07) is 13.7. The average Bonchev–Trinajstić information content (AvgIpc) is 3.15. The first kappa shape index (κ1) is 37.9. The van der Waals surface area contributed by atoms with Gasteiger partial charge in [0.25, 0.3) is 5.91 Å². The second-order valence-corrected chi connectivity index (χ2v) is 14.1. The van der Waals surface area contributed by atoms with Gasteiger partial charge in [-0.15, -0.1) is 0 Å². The highest BCUT2D eigenvalue weighted by Gasteiger charge is 2.54. The van der Waals surface area contributed by atoms with Gasteiger partial charge in [0.15, 0.2) is 0 Å². The molecule has 2 aromatic carbocycles. The highest BCUT2D eigenvalue weighted by atomic mass is 32.1. The molecule has 0 aromatic heterocycles. The van der Waals surface area contributed by atoms with Crippen molar-refractivity contribution >= 4 is 31.3 Å². The van der Waals surface area contributed by atoms with Crippen molar-refractivity contribution in [2.45, 2.75) is 63.5 Å². The zero-order chi connectivity index (χ0) is 34.4. The SMILES string of the molecule is CCOc1cc(OC)ccc1CNCC(=O)N1CCCC(c2cccc(C(=O)N3CCN(CC45CCC(C(=O)OC)(CC4)CO5)CC3)c2)C1.S. The maximum Gasteiger partial charge on any atom is 0.314 e. The Labute approximate surface area is 303 Å². The van der Waals surface area contributed by atoms with Gasteiger partial charge in [-0.2, -0.15) is 13.5 Å². The fourth-order valence-electron chi connectivity index (χ4n) is 8.06. The summed E-state index contributed by atoms with van der Waals surface area (Å²) in [4.78, 5) is 45.5. The van der Waals surface area contributed by atoms with E-state index in [1.54, 1.807) is 7.11 Å². The van der Waals surface area contributed by atoms with Crippen LogP contribution in [0.15, 0.2) is 42.5 Å². The molecule has 274 valence electrons. The lowest BCUT2D eigenvalue weighted by atomic mass is 9.66. The Bertz CT molecular complexity index is 1470. The molecule has 2 aromatic rings. The number of benzene rings is 2. The van der Waals surface area contributed by atoms with Gasteiger partial charge in [0.05, 0.1) is 45.0 Å². The second kappa shape index (κ2) is 16.8. The number of piperidine rings is 1. The number of piperazine rings is 1. The minimum Gasteiger partial charge on any atom is -0.497 e. The van der Waals surface area contributed by atoms with Crippen molar-refractivity contribution in [1.82, 2.24) is 20.0 Å². The molecule has 12 heteroatoms. The zero-order valence-electron chi connectivity index (χ0n) is 29.8. The summed E-state index contributed by atoms with van der Waals surface area (Å²) in [5.41, 5.74) is 2.14. The third-order valence-corrected chi connectivity index (χ3v) is 11.1. The topological polar surface area (TPSA) is 110 Å². The van der Waals surface area contributed by atoms with Gasteiger partial charge in [-0.25, -0.2) is 0 Å². The summed E-state index contributed by atoms with van der Waals surface area (Å²) in [7, 11) is 3.09. The van der Waals surface area contributed by atoms with Crippen molar-refractivity contribution in [3.05, 3.63) is 59.2 Å². The fourth-order valence-corrected chi connectivity index (χ4v) is 8.06. The molecular weight excluding hydrogens is 657 g/mol. The van der Waals surface area contributed by atoms with E-state index in [1.165, 1.54) is 7.11 Å². The Kier molecular flexibility index (Phi) is 12.7. The molecule has 1 aliphatic carbocycles. The van der Waals surface area contributed by atoms with Gasteiger partial charge < -0.3 is 34.1 Å². The van der Waals surface area contributed by atoms with Crippen LogP contribution in [0, 0.1) is 5.41 Å². The predicted molar refractivity (Wildman–Crippen MR) is 195 cm³/mol. The molecule has 2 amide bonds. The van der Waals surface area contributed by atoms with Crippen molar-refractivity contribution in [1.29, 1.82) is 0 Å². The number of hydrogen-bond acceptors (Lipinski definition) is 9. The molecule has 4 heterocycles. The molecule has 4 aliphatic heterocycles. The molecule has 2 bridgehead atoms. The van der Waals surface area contributed by atoms with Crippen LogP contribution in [0.3, 0.4) is 0 Å². The van der Waals surface area contributed by atoms with Crippen LogP contribution >= 0.6 is 13.5 Å². The minimum absolute atomic E-state index is 0. The van der Waals surface area contributed by atoms with Gasteiger partial charge in [-0.1, -0.05) is 18.2 Å². The number of amides is 2.